The summed E-state index contributed by atoms with van der Waals surface area (Å²) in [5, 5.41) is 0.847. The third kappa shape index (κ3) is 2.01. The summed E-state index contributed by atoms with van der Waals surface area (Å²) in [6.07, 6.45) is 4.12. The number of benzene rings is 1. The predicted molar refractivity (Wildman–Crippen MR) is 90.0 cm³/mol. The first kappa shape index (κ1) is 15.5. The SMILES string of the molecule is CC1C=C(F)C=C(Br)C1(C)S(=O)(=O)n1ccc2ccccc21. The molecule has 1 aliphatic rings. The van der Waals surface area contributed by atoms with Gasteiger partial charge in [0, 0.05) is 22.0 Å². The summed E-state index contributed by atoms with van der Waals surface area (Å²) in [4.78, 5) is 0. The Balaban J connectivity index is 2.24. The fourth-order valence-corrected chi connectivity index (χ4v) is 5.85. The summed E-state index contributed by atoms with van der Waals surface area (Å²) in [6.45, 7) is 3.32. The van der Waals surface area contributed by atoms with Crippen LogP contribution >= 0.6 is 15.9 Å². The quantitative estimate of drug-likeness (QED) is 0.772. The fraction of sp³-hybridized carbons (Fsp3) is 0.250. The Bertz CT molecular complexity index is 913. The van der Waals surface area contributed by atoms with Gasteiger partial charge in [0.1, 0.15) is 10.6 Å². The van der Waals surface area contributed by atoms with E-state index in [4.69, 9.17) is 0 Å². The highest BCUT2D eigenvalue weighted by atomic mass is 79.9. The second-order valence-corrected chi connectivity index (χ2v) is 8.66. The van der Waals surface area contributed by atoms with Crippen molar-refractivity contribution in [1.82, 2.24) is 3.97 Å². The van der Waals surface area contributed by atoms with E-state index in [0.29, 0.717) is 10.00 Å². The van der Waals surface area contributed by atoms with Gasteiger partial charge in [0.25, 0.3) is 0 Å². The van der Waals surface area contributed by atoms with Crippen LogP contribution in [0.3, 0.4) is 0 Å². The van der Waals surface area contributed by atoms with Crippen molar-refractivity contribution < 1.29 is 12.8 Å². The molecule has 116 valence electrons. The number of aromatic nitrogens is 1. The van der Waals surface area contributed by atoms with Crippen LogP contribution in [0.2, 0.25) is 0 Å². The van der Waals surface area contributed by atoms with E-state index in [-0.39, 0.29) is 0 Å². The van der Waals surface area contributed by atoms with Crippen LogP contribution in [0.15, 0.2) is 59.0 Å². The first-order chi connectivity index (χ1) is 10.3. The average molecular weight is 384 g/mol. The molecular formula is C16H15BrFNO2S. The Hall–Kier alpha value is -1.40. The third-order valence-electron chi connectivity index (χ3n) is 4.38. The zero-order chi connectivity index (χ0) is 16.1. The first-order valence-corrected chi connectivity index (χ1v) is 9.08. The van der Waals surface area contributed by atoms with Crippen LogP contribution in [0.25, 0.3) is 10.9 Å². The molecule has 0 saturated carbocycles. The van der Waals surface area contributed by atoms with Crippen molar-refractivity contribution in [2.45, 2.75) is 18.6 Å². The second kappa shape index (κ2) is 5.06. The minimum atomic E-state index is -3.78. The number of fused-ring (bicyclic) bond motifs is 1. The van der Waals surface area contributed by atoms with Crippen molar-refractivity contribution in [3.8, 4) is 0 Å². The van der Waals surface area contributed by atoms with Gasteiger partial charge < -0.3 is 0 Å². The maximum atomic E-state index is 13.6. The molecule has 0 radical (unpaired) electrons. The van der Waals surface area contributed by atoms with E-state index in [9.17, 15) is 12.8 Å². The Morgan fingerprint density at radius 3 is 2.64 bits per heavy atom. The number of halogens is 2. The molecule has 0 spiro atoms. The lowest BCUT2D eigenvalue weighted by Crippen LogP contribution is -2.45. The van der Waals surface area contributed by atoms with Crippen molar-refractivity contribution in [2.24, 2.45) is 5.92 Å². The van der Waals surface area contributed by atoms with E-state index in [2.05, 4.69) is 15.9 Å². The van der Waals surface area contributed by atoms with Gasteiger partial charge in [-0.2, -0.15) is 0 Å². The maximum absolute atomic E-state index is 13.6. The van der Waals surface area contributed by atoms with Crippen LogP contribution in [0.5, 0.6) is 0 Å². The van der Waals surface area contributed by atoms with Crippen molar-refractivity contribution in [3.05, 3.63) is 59.0 Å². The van der Waals surface area contributed by atoms with Crippen LogP contribution in [-0.4, -0.2) is 17.1 Å². The van der Waals surface area contributed by atoms with E-state index in [1.165, 1.54) is 16.1 Å². The van der Waals surface area contributed by atoms with Crippen molar-refractivity contribution >= 4 is 36.9 Å². The topological polar surface area (TPSA) is 39.1 Å². The molecule has 2 atom stereocenters. The van der Waals surface area contributed by atoms with Gasteiger partial charge in [0.15, 0.2) is 0 Å². The number of allylic oxidation sites excluding steroid dienone is 3. The van der Waals surface area contributed by atoms with Crippen LogP contribution in [0.1, 0.15) is 13.8 Å². The summed E-state index contributed by atoms with van der Waals surface area (Å²) in [6, 6.07) is 9.04. The van der Waals surface area contributed by atoms with Crippen molar-refractivity contribution in [1.29, 1.82) is 0 Å². The van der Waals surface area contributed by atoms with E-state index in [0.717, 1.165) is 5.39 Å². The highest BCUT2D eigenvalue weighted by Crippen LogP contribution is 2.44. The molecule has 6 heteroatoms. The van der Waals surface area contributed by atoms with Crippen molar-refractivity contribution in [3.63, 3.8) is 0 Å². The van der Waals surface area contributed by atoms with Crippen LogP contribution in [-0.2, 0) is 10.0 Å². The molecule has 1 aliphatic carbocycles. The van der Waals surface area contributed by atoms with E-state index in [1.807, 2.05) is 12.1 Å². The molecule has 0 bridgehead atoms. The standard InChI is InChI=1S/C16H15BrFNO2S/c1-11-9-13(18)10-15(17)16(11,2)22(20,21)19-8-7-12-5-3-4-6-14(12)19/h3-11H,1-2H3. The Labute approximate surface area is 137 Å². The Morgan fingerprint density at radius 2 is 1.95 bits per heavy atom. The smallest absolute Gasteiger partial charge is 0.244 e. The lowest BCUT2D eigenvalue weighted by atomic mass is 9.90. The minimum Gasteiger partial charge on any atom is -0.244 e. The normalized spacial score (nSPS) is 25.9. The summed E-state index contributed by atoms with van der Waals surface area (Å²) >= 11 is 3.26. The monoisotopic (exact) mass is 383 g/mol. The molecule has 1 heterocycles. The lowest BCUT2D eigenvalue weighted by Gasteiger charge is -2.36. The van der Waals surface area contributed by atoms with Gasteiger partial charge >= 0.3 is 0 Å². The lowest BCUT2D eigenvalue weighted by molar-refractivity contribution is 0.491. The molecule has 0 fully saturated rings. The molecule has 0 aliphatic heterocycles. The van der Waals surface area contributed by atoms with Crippen LogP contribution < -0.4 is 0 Å². The zero-order valence-corrected chi connectivity index (χ0v) is 14.5. The van der Waals surface area contributed by atoms with Gasteiger partial charge in [-0.3, -0.25) is 0 Å². The number of nitrogens with zero attached hydrogens (tertiary/aromatic N) is 1. The molecule has 3 nitrogen and oxygen atoms in total. The van der Waals surface area contributed by atoms with E-state index in [1.54, 1.807) is 38.2 Å². The van der Waals surface area contributed by atoms with E-state index < -0.39 is 26.5 Å². The highest BCUT2D eigenvalue weighted by molar-refractivity contribution is 9.12. The van der Waals surface area contributed by atoms with Gasteiger partial charge in [-0.25, -0.2) is 16.8 Å². The zero-order valence-electron chi connectivity index (χ0n) is 12.1. The molecule has 1 aromatic carbocycles. The summed E-state index contributed by atoms with van der Waals surface area (Å²) in [7, 11) is -3.78. The van der Waals surface area contributed by atoms with Gasteiger partial charge in [-0.1, -0.05) is 41.1 Å². The fourth-order valence-electron chi connectivity index (χ4n) is 2.76. The summed E-state index contributed by atoms with van der Waals surface area (Å²) in [5.74, 6) is -0.928. The largest absolute Gasteiger partial charge is 0.249 e. The Kier molecular flexibility index (Phi) is 3.57. The first-order valence-electron chi connectivity index (χ1n) is 6.84. The number of hydrogen-bond acceptors (Lipinski definition) is 2. The van der Waals surface area contributed by atoms with Crippen molar-refractivity contribution in [2.75, 3.05) is 0 Å². The van der Waals surface area contributed by atoms with Gasteiger partial charge in [-0.05, 0) is 31.2 Å². The summed E-state index contributed by atoms with van der Waals surface area (Å²) < 4.78 is 40.4. The molecule has 2 unspecified atom stereocenters. The van der Waals surface area contributed by atoms with Gasteiger partial charge in [0.2, 0.25) is 10.0 Å². The minimum absolute atomic E-state index is 0.324. The van der Waals surface area contributed by atoms with Gasteiger partial charge in [0.05, 0.1) is 5.52 Å². The number of hydrogen-bond donors (Lipinski definition) is 0. The molecule has 0 saturated heterocycles. The predicted octanol–water partition coefficient (Wildman–Crippen LogP) is 4.36. The summed E-state index contributed by atoms with van der Waals surface area (Å²) in [5.41, 5.74) is 0.617. The molecule has 3 rings (SSSR count). The van der Waals surface area contributed by atoms with Gasteiger partial charge in [-0.15, -0.1) is 0 Å². The second-order valence-electron chi connectivity index (χ2n) is 5.61. The van der Waals surface area contributed by atoms with Crippen LogP contribution in [0, 0.1) is 5.92 Å². The molecule has 1 aromatic heterocycles. The molecule has 0 N–H and O–H groups in total. The highest BCUT2D eigenvalue weighted by Gasteiger charge is 2.49. The number of para-hydroxylation sites is 1. The molecular weight excluding hydrogens is 369 g/mol. The molecule has 0 amide bonds. The molecule has 2 aromatic rings. The van der Waals surface area contributed by atoms with E-state index >= 15 is 0 Å². The number of rotatable bonds is 2. The van der Waals surface area contributed by atoms with Crippen LogP contribution in [0.4, 0.5) is 4.39 Å². The maximum Gasteiger partial charge on any atom is 0.249 e. The average Bonchev–Trinajstić information content (AvgIpc) is 2.88. The Morgan fingerprint density at radius 1 is 1.27 bits per heavy atom. The molecule has 22 heavy (non-hydrogen) atoms. The third-order valence-corrected chi connectivity index (χ3v) is 8.19.